The van der Waals surface area contributed by atoms with E-state index in [1.807, 2.05) is 18.1 Å². The minimum atomic E-state index is 0. The molecule has 0 saturated heterocycles. The summed E-state index contributed by atoms with van der Waals surface area (Å²) in [4.78, 5) is 5.55. The summed E-state index contributed by atoms with van der Waals surface area (Å²) in [7, 11) is 0. The molecule has 0 bridgehead atoms. The van der Waals surface area contributed by atoms with Gasteiger partial charge in [0.25, 0.3) is 0 Å². The van der Waals surface area contributed by atoms with Gasteiger partial charge in [-0.05, 0) is 25.5 Å². The van der Waals surface area contributed by atoms with Crippen LogP contribution < -0.4 is 5.06 Å². The van der Waals surface area contributed by atoms with Crippen molar-refractivity contribution in [3.8, 4) is 0 Å². The molecule has 0 spiro atoms. The van der Waals surface area contributed by atoms with E-state index in [1.54, 1.807) is 0 Å². The van der Waals surface area contributed by atoms with Crippen molar-refractivity contribution in [2.75, 3.05) is 18.2 Å². The van der Waals surface area contributed by atoms with E-state index in [0.717, 1.165) is 6.54 Å². The summed E-state index contributed by atoms with van der Waals surface area (Å²) in [6, 6.07) is 8.34. The average Bonchev–Trinajstić information content (AvgIpc) is 2.23. The minimum absolute atomic E-state index is 0. The molecule has 0 atom stereocenters. The second-order valence-electron chi connectivity index (χ2n) is 3.38. The van der Waals surface area contributed by atoms with E-state index in [2.05, 4.69) is 31.2 Å². The molecule has 1 aromatic carbocycles. The van der Waals surface area contributed by atoms with Crippen LogP contribution in [0.4, 0.5) is 5.69 Å². The van der Waals surface area contributed by atoms with Gasteiger partial charge in [-0.15, -0.1) is 12.4 Å². The quantitative estimate of drug-likeness (QED) is 0.766. The number of rotatable bonds is 2. The SMILES string of the molecule is CCON1CC=C(C)c2ccccc21.Cl. The fourth-order valence-corrected chi connectivity index (χ4v) is 1.73. The van der Waals surface area contributed by atoms with Crippen molar-refractivity contribution in [2.45, 2.75) is 13.8 Å². The van der Waals surface area contributed by atoms with Crippen molar-refractivity contribution >= 4 is 23.7 Å². The lowest BCUT2D eigenvalue weighted by molar-refractivity contribution is 0.126. The number of fused-ring (bicyclic) bond motifs is 1. The fraction of sp³-hybridized carbons (Fsp3) is 0.333. The summed E-state index contributed by atoms with van der Waals surface area (Å²) in [6.07, 6.45) is 2.19. The maximum absolute atomic E-state index is 5.55. The van der Waals surface area contributed by atoms with Gasteiger partial charge in [-0.25, -0.2) is 5.06 Å². The molecule has 0 fully saturated rings. The third-order valence-electron chi connectivity index (χ3n) is 2.45. The predicted octanol–water partition coefficient (Wildman–Crippen LogP) is 3.28. The summed E-state index contributed by atoms with van der Waals surface area (Å²) in [6.45, 7) is 5.70. The van der Waals surface area contributed by atoms with Crippen molar-refractivity contribution in [3.63, 3.8) is 0 Å². The summed E-state index contributed by atoms with van der Waals surface area (Å²) in [5.41, 5.74) is 3.78. The molecule has 0 radical (unpaired) electrons. The first-order valence-corrected chi connectivity index (χ1v) is 4.99. The van der Waals surface area contributed by atoms with E-state index in [9.17, 15) is 0 Å². The Hall–Kier alpha value is -0.990. The second kappa shape index (κ2) is 5.19. The highest BCUT2D eigenvalue weighted by atomic mass is 35.5. The smallest absolute Gasteiger partial charge is 0.0720 e. The Morgan fingerprint density at radius 3 is 2.80 bits per heavy atom. The van der Waals surface area contributed by atoms with Gasteiger partial charge in [0, 0.05) is 5.56 Å². The third-order valence-corrected chi connectivity index (χ3v) is 2.45. The zero-order chi connectivity index (χ0) is 9.97. The van der Waals surface area contributed by atoms with E-state index >= 15 is 0 Å². The van der Waals surface area contributed by atoms with Crippen LogP contribution in [0.1, 0.15) is 19.4 Å². The maximum Gasteiger partial charge on any atom is 0.0720 e. The molecule has 1 aliphatic rings. The summed E-state index contributed by atoms with van der Waals surface area (Å²) in [5.74, 6) is 0. The molecule has 2 rings (SSSR count). The van der Waals surface area contributed by atoms with Gasteiger partial charge in [0.15, 0.2) is 0 Å². The van der Waals surface area contributed by atoms with E-state index in [-0.39, 0.29) is 12.4 Å². The Morgan fingerprint density at radius 2 is 2.07 bits per heavy atom. The minimum Gasteiger partial charge on any atom is -0.273 e. The highest BCUT2D eigenvalue weighted by molar-refractivity contribution is 5.85. The molecular formula is C12H16ClNO. The van der Waals surface area contributed by atoms with Crippen LogP contribution in [0.3, 0.4) is 0 Å². The molecule has 1 aliphatic heterocycles. The summed E-state index contributed by atoms with van der Waals surface area (Å²) >= 11 is 0. The number of anilines is 1. The standard InChI is InChI=1S/C12H15NO.ClH/c1-3-14-13-9-8-10(2)11-6-4-5-7-12(11)13;/h4-8H,3,9H2,1-2H3;1H. The van der Waals surface area contributed by atoms with Gasteiger partial charge in [-0.1, -0.05) is 24.3 Å². The topological polar surface area (TPSA) is 12.5 Å². The number of para-hydroxylation sites is 1. The van der Waals surface area contributed by atoms with Gasteiger partial charge in [-0.2, -0.15) is 0 Å². The van der Waals surface area contributed by atoms with Gasteiger partial charge < -0.3 is 0 Å². The number of hydrogen-bond acceptors (Lipinski definition) is 2. The first-order chi connectivity index (χ1) is 6.83. The molecule has 0 amide bonds. The van der Waals surface area contributed by atoms with Crippen LogP contribution in [-0.2, 0) is 4.84 Å². The normalized spacial score (nSPS) is 14.0. The van der Waals surface area contributed by atoms with Crippen molar-refractivity contribution in [3.05, 3.63) is 35.9 Å². The number of hydroxylamine groups is 1. The monoisotopic (exact) mass is 225 g/mol. The van der Waals surface area contributed by atoms with Crippen LogP contribution in [0.2, 0.25) is 0 Å². The molecule has 0 aliphatic carbocycles. The zero-order valence-electron chi connectivity index (χ0n) is 9.06. The molecule has 82 valence electrons. The van der Waals surface area contributed by atoms with E-state index < -0.39 is 0 Å². The van der Waals surface area contributed by atoms with Crippen LogP contribution >= 0.6 is 12.4 Å². The largest absolute Gasteiger partial charge is 0.273 e. The molecule has 1 aromatic rings. The Balaban J connectivity index is 0.00000112. The van der Waals surface area contributed by atoms with Crippen LogP contribution in [0.25, 0.3) is 5.57 Å². The van der Waals surface area contributed by atoms with E-state index in [1.165, 1.54) is 16.8 Å². The predicted molar refractivity (Wildman–Crippen MR) is 66.3 cm³/mol. The third kappa shape index (κ3) is 2.33. The average molecular weight is 226 g/mol. The maximum atomic E-state index is 5.55. The number of halogens is 1. The van der Waals surface area contributed by atoms with Crippen LogP contribution in [0.15, 0.2) is 30.3 Å². The Morgan fingerprint density at radius 1 is 1.33 bits per heavy atom. The highest BCUT2D eigenvalue weighted by Crippen LogP contribution is 2.30. The first-order valence-electron chi connectivity index (χ1n) is 4.99. The zero-order valence-corrected chi connectivity index (χ0v) is 9.88. The number of allylic oxidation sites excluding steroid dienone is 1. The van der Waals surface area contributed by atoms with Crippen molar-refractivity contribution in [2.24, 2.45) is 0 Å². The molecule has 1 heterocycles. The van der Waals surface area contributed by atoms with Crippen LogP contribution in [-0.4, -0.2) is 13.2 Å². The second-order valence-corrected chi connectivity index (χ2v) is 3.38. The molecule has 0 unspecified atom stereocenters. The Labute approximate surface area is 96.9 Å². The first kappa shape index (κ1) is 12.1. The van der Waals surface area contributed by atoms with Gasteiger partial charge >= 0.3 is 0 Å². The lowest BCUT2D eigenvalue weighted by Crippen LogP contribution is -2.26. The van der Waals surface area contributed by atoms with Crippen LogP contribution in [0.5, 0.6) is 0 Å². The lowest BCUT2D eigenvalue weighted by atomic mass is 10.0. The van der Waals surface area contributed by atoms with Crippen molar-refractivity contribution in [1.82, 2.24) is 0 Å². The highest BCUT2D eigenvalue weighted by Gasteiger charge is 2.15. The van der Waals surface area contributed by atoms with Gasteiger partial charge in [0.2, 0.25) is 0 Å². The van der Waals surface area contributed by atoms with Crippen molar-refractivity contribution < 1.29 is 4.84 Å². The fourth-order valence-electron chi connectivity index (χ4n) is 1.73. The van der Waals surface area contributed by atoms with Gasteiger partial charge in [0.05, 0.1) is 18.8 Å². The molecule has 0 aromatic heterocycles. The number of nitrogens with zero attached hydrogens (tertiary/aromatic N) is 1. The van der Waals surface area contributed by atoms with Crippen molar-refractivity contribution in [1.29, 1.82) is 0 Å². The summed E-state index contributed by atoms with van der Waals surface area (Å²) in [5, 5.41) is 1.95. The molecule has 0 N–H and O–H groups in total. The van der Waals surface area contributed by atoms with E-state index in [0.29, 0.717) is 6.61 Å². The summed E-state index contributed by atoms with van der Waals surface area (Å²) < 4.78 is 0. The van der Waals surface area contributed by atoms with Crippen LogP contribution in [0, 0.1) is 0 Å². The molecular weight excluding hydrogens is 210 g/mol. The van der Waals surface area contributed by atoms with E-state index in [4.69, 9.17) is 4.84 Å². The Kier molecular flexibility index (Phi) is 4.18. The van der Waals surface area contributed by atoms with Gasteiger partial charge in [-0.3, -0.25) is 4.84 Å². The molecule has 3 heteroatoms. The Bertz CT molecular complexity index is 362. The molecule has 2 nitrogen and oxygen atoms in total. The molecule has 15 heavy (non-hydrogen) atoms. The number of hydrogen-bond donors (Lipinski definition) is 0. The lowest BCUT2D eigenvalue weighted by Gasteiger charge is -2.28. The molecule has 0 saturated carbocycles. The number of benzene rings is 1. The van der Waals surface area contributed by atoms with Gasteiger partial charge in [0.1, 0.15) is 0 Å².